The Labute approximate surface area is 133 Å². The van der Waals surface area contributed by atoms with Crippen LogP contribution < -0.4 is 5.32 Å². The molecule has 1 heterocycles. The van der Waals surface area contributed by atoms with E-state index in [9.17, 15) is 4.79 Å². The standard InChI is InChI=1S/C18H16N2OS/c1-12-8-9-15(13(2)10-12)16-11-22-18(19-16)20-17(21)14-6-4-3-5-7-14/h3-11H,1-2H3,(H,19,20,21). The van der Waals surface area contributed by atoms with Gasteiger partial charge in [0.2, 0.25) is 0 Å². The van der Waals surface area contributed by atoms with E-state index in [4.69, 9.17) is 0 Å². The lowest BCUT2D eigenvalue weighted by molar-refractivity contribution is 0.102. The number of aryl methyl sites for hydroxylation is 2. The summed E-state index contributed by atoms with van der Waals surface area (Å²) in [5.41, 5.74) is 5.04. The second-order valence-corrected chi connectivity index (χ2v) is 6.03. The van der Waals surface area contributed by atoms with E-state index in [-0.39, 0.29) is 5.91 Å². The maximum absolute atomic E-state index is 12.1. The molecule has 0 bridgehead atoms. The van der Waals surface area contributed by atoms with Gasteiger partial charge >= 0.3 is 0 Å². The van der Waals surface area contributed by atoms with Crippen molar-refractivity contribution >= 4 is 22.4 Å². The van der Waals surface area contributed by atoms with E-state index in [0.29, 0.717) is 10.7 Å². The average molecular weight is 308 g/mol. The van der Waals surface area contributed by atoms with Crippen LogP contribution in [0.25, 0.3) is 11.3 Å². The number of aromatic nitrogens is 1. The number of amides is 1. The molecule has 0 radical (unpaired) electrons. The van der Waals surface area contributed by atoms with Crippen LogP contribution in [-0.2, 0) is 0 Å². The number of carbonyl (C=O) groups is 1. The number of anilines is 1. The van der Waals surface area contributed by atoms with Crippen molar-refractivity contribution in [1.82, 2.24) is 4.98 Å². The van der Waals surface area contributed by atoms with E-state index in [2.05, 4.69) is 42.3 Å². The molecule has 0 atom stereocenters. The van der Waals surface area contributed by atoms with Gasteiger partial charge in [0.25, 0.3) is 5.91 Å². The fourth-order valence-electron chi connectivity index (χ4n) is 2.31. The highest BCUT2D eigenvalue weighted by Gasteiger charge is 2.10. The van der Waals surface area contributed by atoms with Gasteiger partial charge in [-0.05, 0) is 31.5 Å². The van der Waals surface area contributed by atoms with E-state index >= 15 is 0 Å². The van der Waals surface area contributed by atoms with E-state index in [1.165, 1.54) is 22.5 Å². The van der Waals surface area contributed by atoms with Crippen molar-refractivity contribution in [2.24, 2.45) is 0 Å². The monoisotopic (exact) mass is 308 g/mol. The van der Waals surface area contributed by atoms with E-state index < -0.39 is 0 Å². The molecule has 0 unspecified atom stereocenters. The van der Waals surface area contributed by atoms with Crippen LogP contribution in [0.15, 0.2) is 53.9 Å². The number of thiazole rings is 1. The normalized spacial score (nSPS) is 10.5. The molecule has 0 aliphatic rings. The lowest BCUT2D eigenvalue weighted by Gasteiger charge is -2.04. The maximum Gasteiger partial charge on any atom is 0.257 e. The number of nitrogens with zero attached hydrogens (tertiary/aromatic N) is 1. The highest BCUT2D eigenvalue weighted by Crippen LogP contribution is 2.28. The van der Waals surface area contributed by atoms with Crippen LogP contribution in [0.4, 0.5) is 5.13 Å². The topological polar surface area (TPSA) is 42.0 Å². The smallest absolute Gasteiger partial charge is 0.257 e. The van der Waals surface area contributed by atoms with Crippen molar-refractivity contribution in [3.05, 3.63) is 70.6 Å². The fourth-order valence-corrected chi connectivity index (χ4v) is 3.02. The van der Waals surface area contributed by atoms with Crippen LogP contribution >= 0.6 is 11.3 Å². The molecule has 0 fully saturated rings. The van der Waals surface area contributed by atoms with Gasteiger partial charge in [0.1, 0.15) is 0 Å². The molecule has 1 amide bonds. The molecule has 0 aliphatic carbocycles. The predicted octanol–water partition coefficient (Wildman–Crippen LogP) is 4.68. The highest BCUT2D eigenvalue weighted by molar-refractivity contribution is 7.14. The lowest BCUT2D eigenvalue weighted by atomic mass is 10.0. The van der Waals surface area contributed by atoms with Gasteiger partial charge in [-0.2, -0.15) is 0 Å². The Bertz CT molecular complexity index is 809. The summed E-state index contributed by atoms with van der Waals surface area (Å²) < 4.78 is 0. The lowest BCUT2D eigenvalue weighted by Crippen LogP contribution is -2.11. The van der Waals surface area contributed by atoms with Crippen molar-refractivity contribution in [3.63, 3.8) is 0 Å². The van der Waals surface area contributed by atoms with Crippen molar-refractivity contribution in [2.45, 2.75) is 13.8 Å². The van der Waals surface area contributed by atoms with Crippen LogP contribution in [-0.4, -0.2) is 10.9 Å². The summed E-state index contributed by atoms with van der Waals surface area (Å²) in [6.45, 7) is 4.15. The Morgan fingerprint density at radius 2 is 1.86 bits per heavy atom. The second kappa shape index (κ2) is 6.12. The molecule has 3 rings (SSSR count). The third-order valence-electron chi connectivity index (χ3n) is 3.42. The molecule has 4 heteroatoms. The predicted molar refractivity (Wildman–Crippen MR) is 91.4 cm³/mol. The van der Waals surface area contributed by atoms with Crippen molar-refractivity contribution in [1.29, 1.82) is 0 Å². The first kappa shape index (κ1) is 14.5. The Kier molecular flexibility index (Phi) is 4.02. The molecule has 1 aromatic heterocycles. The third-order valence-corrected chi connectivity index (χ3v) is 4.18. The van der Waals surface area contributed by atoms with Gasteiger partial charge in [-0.15, -0.1) is 11.3 Å². The maximum atomic E-state index is 12.1. The number of rotatable bonds is 3. The Morgan fingerprint density at radius 1 is 1.09 bits per heavy atom. The van der Waals surface area contributed by atoms with Gasteiger partial charge in [-0.1, -0.05) is 42.0 Å². The first-order valence-electron chi connectivity index (χ1n) is 7.03. The summed E-state index contributed by atoms with van der Waals surface area (Å²) in [5.74, 6) is -0.137. The molecule has 0 aliphatic heterocycles. The summed E-state index contributed by atoms with van der Waals surface area (Å²) in [6, 6.07) is 15.4. The molecule has 1 N–H and O–H groups in total. The van der Waals surface area contributed by atoms with Crippen molar-refractivity contribution in [2.75, 3.05) is 5.32 Å². The number of hydrogen-bond donors (Lipinski definition) is 1. The Morgan fingerprint density at radius 3 is 2.59 bits per heavy atom. The molecule has 0 saturated carbocycles. The summed E-state index contributed by atoms with van der Waals surface area (Å²) in [5, 5.41) is 5.43. The van der Waals surface area contributed by atoms with Crippen LogP contribution in [0.3, 0.4) is 0 Å². The molecular formula is C18H16N2OS. The summed E-state index contributed by atoms with van der Waals surface area (Å²) in [4.78, 5) is 16.7. The van der Waals surface area contributed by atoms with Crippen LogP contribution in [0.5, 0.6) is 0 Å². The number of nitrogens with one attached hydrogen (secondary N) is 1. The van der Waals surface area contributed by atoms with Crippen molar-refractivity contribution < 1.29 is 4.79 Å². The first-order chi connectivity index (χ1) is 10.6. The van der Waals surface area contributed by atoms with E-state index in [1.54, 1.807) is 12.1 Å². The van der Waals surface area contributed by atoms with Gasteiger partial charge in [-0.3, -0.25) is 10.1 Å². The Balaban J connectivity index is 1.81. The summed E-state index contributed by atoms with van der Waals surface area (Å²) in [6.07, 6.45) is 0. The molecule has 0 spiro atoms. The molecular weight excluding hydrogens is 292 g/mol. The molecule has 3 aromatic rings. The van der Waals surface area contributed by atoms with Crippen LogP contribution in [0.2, 0.25) is 0 Å². The van der Waals surface area contributed by atoms with Gasteiger partial charge in [0.05, 0.1) is 5.69 Å². The van der Waals surface area contributed by atoms with E-state index in [1.807, 2.05) is 23.6 Å². The Hall–Kier alpha value is -2.46. The quantitative estimate of drug-likeness (QED) is 0.763. The molecule has 2 aromatic carbocycles. The van der Waals surface area contributed by atoms with Crippen LogP contribution in [0, 0.1) is 13.8 Å². The number of benzene rings is 2. The largest absolute Gasteiger partial charge is 0.298 e. The SMILES string of the molecule is Cc1ccc(-c2csc(NC(=O)c3ccccc3)n2)c(C)c1. The molecule has 3 nitrogen and oxygen atoms in total. The first-order valence-corrected chi connectivity index (χ1v) is 7.91. The van der Waals surface area contributed by atoms with Gasteiger partial charge in [0.15, 0.2) is 5.13 Å². The fraction of sp³-hybridized carbons (Fsp3) is 0.111. The minimum atomic E-state index is -0.137. The zero-order chi connectivity index (χ0) is 15.5. The zero-order valence-electron chi connectivity index (χ0n) is 12.5. The summed E-state index contributed by atoms with van der Waals surface area (Å²) in [7, 11) is 0. The minimum absolute atomic E-state index is 0.137. The zero-order valence-corrected chi connectivity index (χ0v) is 13.3. The molecule has 0 saturated heterocycles. The number of hydrogen-bond acceptors (Lipinski definition) is 3. The van der Waals surface area contributed by atoms with Gasteiger partial charge in [0, 0.05) is 16.5 Å². The van der Waals surface area contributed by atoms with Gasteiger partial charge in [-0.25, -0.2) is 4.98 Å². The van der Waals surface area contributed by atoms with E-state index in [0.717, 1.165) is 11.3 Å². The van der Waals surface area contributed by atoms with Crippen molar-refractivity contribution in [3.8, 4) is 11.3 Å². The molecule has 22 heavy (non-hydrogen) atoms. The number of carbonyl (C=O) groups excluding carboxylic acids is 1. The average Bonchev–Trinajstić information content (AvgIpc) is 2.96. The van der Waals surface area contributed by atoms with Crippen LogP contribution in [0.1, 0.15) is 21.5 Å². The summed E-state index contributed by atoms with van der Waals surface area (Å²) >= 11 is 1.44. The second-order valence-electron chi connectivity index (χ2n) is 5.18. The third kappa shape index (κ3) is 3.07. The molecule has 110 valence electrons. The minimum Gasteiger partial charge on any atom is -0.298 e. The van der Waals surface area contributed by atoms with Gasteiger partial charge < -0.3 is 0 Å². The highest BCUT2D eigenvalue weighted by atomic mass is 32.1.